The monoisotopic (exact) mass is 273 g/mol. The molecule has 0 aliphatic rings. The maximum Gasteiger partial charge on any atom is 0.230 e. The van der Waals surface area contributed by atoms with Crippen LogP contribution < -0.4 is 10.6 Å². The van der Waals surface area contributed by atoms with Crippen molar-refractivity contribution in [3.8, 4) is 0 Å². The van der Waals surface area contributed by atoms with E-state index in [2.05, 4.69) is 15.6 Å². The van der Waals surface area contributed by atoms with Crippen molar-refractivity contribution in [3.63, 3.8) is 0 Å². The van der Waals surface area contributed by atoms with E-state index in [9.17, 15) is 4.79 Å². The number of anilines is 2. The van der Waals surface area contributed by atoms with E-state index in [-0.39, 0.29) is 5.91 Å². The van der Waals surface area contributed by atoms with Gasteiger partial charge in [-0.3, -0.25) is 4.79 Å². The molecule has 2 rings (SSSR count). The van der Waals surface area contributed by atoms with E-state index < -0.39 is 5.41 Å². The van der Waals surface area contributed by atoms with Crippen LogP contribution >= 0.6 is 0 Å². The third-order valence-electron chi connectivity index (χ3n) is 2.73. The number of hydrogen-bond acceptors (Lipinski definition) is 4. The highest BCUT2D eigenvalue weighted by molar-refractivity contribution is 5.93. The third kappa shape index (κ3) is 3.85. The van der Waals surface area contributed by atoms with Gasteiger partial charge in [-0.25, -0.2) is 4.98 Å². The Morgan fingerprint density at radius 1 is 1.30 bits per heavy atom. The lowest BCUT2D eigenvalue weighted by molar-refractivity contribution is -0.123. The van der Waals surface area contributed by atoms with Gasteiger partial charge in [0, 0.05) is 5.41 Å². The topological polar surface area (TPSA) is 67.2 Å². The van der Waals surface area contributed by atoms with Crippen molar-refractivity contribution >= 4 is 17.4 Å². The highest BCUT2D eigenvalue weighted by Crippen LogP contribution is 2.17. The summed E-state index contributed by atoms with van der Waals surface area (Å²) in [5.41, 5.74) is 0.438. The van der Waals surface area contributed by atoms with Gasteiger partial charge < -0.3 is 15.1 Å². The van der Waals surface area contributed by atoms with Gasteiger partial charge in [-0.05, 0) is 24.3 Å². The normalized spacial score (nSPS) is 11.2. The SMILES string of the molecule is CC(C)(C)C(=O)Nc1ccc(NCc2ccco2)cn1. The Bertz CT molecular complexity index is 554. The summed E-state index contributed by atoms with van der Waals surface area (Å²) in [4.78, 5) is 16.0. The van der Waals surface area contributed by atoms with Crippen LogP contribution in [0.2, 0.25) is 0 Å². The number of hydrogen-bond donors (Lipinski definition) is 2. The summed E-state index contributed by atoms with van der Waals surface area (Å²) < 4.78 is 5.23. The first-order chi connectivity index (χ1) is 9.45. The molecule has 106 valence electrons. The Morgan fingerprint density at radius 3 is 2.65 bits per heavy atom. The first-order valence-electron chi connectivity index (χ1n) is 6.49. The Kier molecular flexibility index (Phi) is 4.08. The lowest BCUT2D eigenvalue weighted by Crippen LogP contribution is -2.27. The molecule has 20 heavy (non-hydrogen) atoms. The molecule has 0 radical (unpaired) electrons. The molecule has 2 heterocycles. The summed E-state index contributed by atoms with van der Waals surface area (Å²) in [6, 6.07) is 7.39. The van der Waals surface area contributed by atoms with E-state index >= 15 is 0 Å². The second-order valence-electron chi connectivity index (χ2n) is 5.57. The summed E-state index contributed by atoms with van der Waals surface area (Å²) in [6.07, 6.45) is 3.32. The molecule has 2 aromatic heterocycles. The van der Waals surface area contributed by atoms with Crippen LogP contribution in [-0.4, -0.2) is 10.9 Å². The van der Waals surface area contributed by atoms with Crippen molar-refractivity contribution in [3.05, 3.63) is 42.5 Å². The fourth-order valence-electron chi connectivity index (χ4n) is 1.48. The minimum atomic E-state index is -0.433. The number of rotatable bonds is 4. The summed E-state index contributed by atoms with van der Waals surface area (Å²) >= 11 is 0. The van der Waals surface area contributed by atoms with Crippen LogP contribution in [0.3, 0.4) is 0 Å². The lowest BCUT2D eigenvalue weighted by Gasteiger charge is -2.17. The van der Waals surface area contributed by atoms with Crippen molar-refractivity contribution in [1.82, 2.24) is 4.98 Å². The van der Waals surface area contributed by atoms with Gasteiger partial charge in [0.1, 0.15) is 11.6 Å². The fraction of sp³-hybridized carbons (Fsp3) is 0.333. The number of furan rings is 1. The number of carbonyl (C=O) groups excluding carboxylic acids is 1. The van der Waals surface area contributed by atoms with Gasteiger partial charge >= 0.3 is 0 Å². The molecule has 5 nitrogen and oxygen atoms in total. The Balaban J connectivity index is 1.91. The third-order valence-corrected chi connectivity index (χ3v) is 2.73. The van der Waals surface area contributed by atoms with Crippen LogP contribution in [0, 0.1) is 5.41 Å². The molecule has 1 amide bonds. The van der Waals surface area contributed by atoms with E-state index in [1.807, 2.05) is 39.0 Å². The molecule has 0 aliphatic carbocycles. The highest BCUT2D eigenvalue weighted by atomic mass is 16.3. The van der Waals surface area contributed by atoms with E-state index in [1.54, 1.807) is 18.5 Å². The van der Waals surface area contributed by atoms with E-state index in [0.29, 0.717) is 12.4 Å². The van der Waals surface area contributed by atoms with Crippen LogP contribution in [0.15, 0.2) is 41.1 Å². The van der Waals surface area contributed by atoms with Gasteiger partial charge in [0.25, 0.3) is 0 Å². The van der Waals surface area contributed by atoms with Crippen molar-refractivity contribution in [2.45, 2.75) is 27.3 Å². The molecule has 0 aliphatic heterocycles. The van der Waals surface area contributed by atoms with Gasteiger partial charge in [-0.15, -0.1) is 0 Å². The molecule has 2 N–H and O–H groups in total. The number of carbonyl (C=O) groups is 1. The predicted octanol–water partition coefficient (Wildman–Crippen LogP) is 3.27. The molecule has 0 unspecified atom stereocenters. The van der Waals surface area contributed by atoms with Crippen LogP contribution in [0.25, 0.3) is 0 Å². The zero-order valence-corrected chi connectivity index (χ0v) is 11.9. The number of aromatic nitrogens is 1. The molecule has 5 heteroatoms. The average molecular weight is 273 g/mol. The Labute approximate surface area is 118 Å². The van der Waals surface area contributed by atoms with Crippen LogP contribution in [0.5, 0.6) is 0 Å². The molecule has 2 aromatic rings. The number of nitrogens with one attached hydrogen (secondary N) is 2. The maximum atomic E-state index is 11.8. The average Bonchev–Trinajstić information content (AvgIpc) is 2.90. The van der Waals surface area contributed by atoms with Gasteiger partial charge in [-0.1, -0.05) is 20.8 Å². The quantitative estimate of drug-likeness (QED) is 0.897. The standard InChI is InChI=1S/C15H19N3O2/c1-15(2,3)14(19)18-13-7-6-11(9-17-13)16-10-12-5-4-8-20-12/h4-9,16H,10H2,1-3H3,(H,17,18,19). The van der Waals surface area contributed by atoms with Crippen molar-refractivity contribution in [2.75, 3.05) is 10.6 Å². The number of amides is 1. The van der Waals surface area contributed by atoms with Crippen LogP contribution in [0.1, 0.15) is 26.5 Å². The first kappa shape index (κ1) is 14.1. The van der Waals surface area contributed by atoms with E-state index in [4.69, 9.17) is 4.42 Å². The summed E-state index contributed by atoms with van der Waals surface area (Å²) in [5.74, 6) is 1.35. The minimum Gasteiger partial charge on any atom is -0.467 e. The second kappa shape index (κ2) is 5.77. The molecule has 0 bridgehead atoms. The van der Waals surface area contributed by atoms with Crippen LogP contribution in [0.4, 0.5) is 11.5 Å². The predicted molar refractivity (Wildman–Crippen MR) is 78.4 cm³/mol. The van der Waals surface area contributed by atoms with Crippen molar-refractivity contribution in [2.24, 2.45) is 5.41 Å². The molecule has 0 atom stereocenters. The van der Waals surface area contributed by atoms with E-state index in [0.717, 1.165) is 11.4 Å². The van der Waals surface area contributed by atoms with Crippen LogP contribution in [-0.2, 0) is 11.3 Å². The maximum absolute atomic E-state index is 11.8. The highest BCUT2D eigenvalue weighted by Gasteiger charge is 2.21. The molecule has 0 aromatic carbocycles. The molecule has 0 fully saturated rings. The number of nitrogens with zero attached hydrogens (tertiary/aromatic N) is 1. The first-order valence-corrected chi connectivity index (χ1v) is 6.49. The lowest BCUT2D eigenvalue weighted by atomic mass is 9.96. The summed E-state index contributed by atoms with van der Waals surface area (Å²) in [6.45, 7) is 6.19. The largest absolute Gasteiger partial charge is 0.467 e. The van der Waals surface area contributed by atoms with Crippen molar-refractivity contribution < 1.29 is 9.21 Å². The van der Waals surface area contributed by atoms with Gasteiger partial charge in [0.15, 0.2) is 0 Å². The van der Waals surface area contributed by atoms with Crippen molar-refractivity contribution in [1.29, 1.82) is 0 Å². The Morgan fingerprint density at radius 2 is 2.10 bits per heavy atom. The summed E-state index contributed by atoms with van der Waals surface area (Å²) in [7, 11) is 0. The molecule has 0 saturated carbocycles. The number of pyridine rings is 1. The zero-order valence-electron chi connectivity index (χ0n) is 11.9. The molecular formula is C15H19N3O2. The molecule has 0 saturated heterocycles. The van der Waals surface area contributed by atoms with Gasteiger partial charge in [0.05, 0.1) is 24.7 Å². The van der Waals surface area contributed by atoms with Gasteiger partial charge in [0.2, 0.25) is 5.91 Å². The minimum absolute atomic E-state index is 0.0544. The summed E-state index contributed by atoms with van der Waals surface area (Å²) in [5, 5.41) is 5.97. The molecular weight excluding hydrogens is 254 g/mol. The van der Waals surface area contributed by atoms with Gasteiger partial charge in [-0.2, -0.15) is 0 Å². The smallest absolute Gasteiger partial charge is 0.230 e. The second-order valence-corrected chi connectivity index (χ2v) is 5.57. The van der Waals surface area contributed by atoms with E-state index in [1.165, 1.54) is 0 Å². The fourth-order valence-corrected chi connectivity index (χ4v) is 1.48. The molecule has 0 spiro atoms. The zero-order chi connectivity index (χ0) is 14.6. The Hall–Kier alpha value is -2.30.